The number of nitrogens with zero attached hydrogens (tertiary/aromatic N) is 1. The first kappa shape index (κ1) is 14.8. The minimum Gasteiger partial charge on any atom is -0.468 e. The molecule has 0 amide bonds. The number of furan rings is 1. The average Bonchev–Trinajstić information content (AvgIpc) is 3.17. The van der Waals surface area contributed by atoms with E-state index in [0.717, 1.165) is 16.8 Å². The first-order valence-corrected chi connectivity index (χ1v) is 8.24. The summed E-state index contributed by atoms with van der Waals surface area (Å²) in [6.07, 6.45) is 4.22. The monoisotopic (exact) mass is 348 g/mol. The molecule has 0 saturated heterocycles. The number of nitrogens with two attached hydrogens (primary N) is 1. The van der Waals surface area contributed by atoms with Gasteiger partial charge in [-0.2, -0.15) is 0 Å². The molecule has 1 aromatic heterocycles. The second-order valence-electron chi connectivity index (χ2n) is 5.81. The molecule has 1 aliphatic carbocycles. The Labute approximate surface area is 134 Å². The SMILES string of the molecule is CC(N)C(c1ccccc1Br)N(Cc1ccco1)C1CC1. The minimum absolute atomic E-state index is 0.0549. The van der Waals surface area contributed by atoms with Crippen LogP contribution in [0, 0.1) is 0 Å². The van der Waals surface area contributed by atoms with Crippen molar-refractivity contribution in [1.29, 1.82) is 0 Å². The Kier molecular flexibility index (Phi) is 4.48. The summed E-state index contributed by atoms with van der Waals surface area (Å²) in [5.74, 6) is 1.000. The normalized spacial score (nSPS) is 17.9. The highest BCUT2D eigenvalue weighted by Gasteiger charge is 2.37. The maximum absolute atomic E-state index is 6.34. The van der Waals surface area contributed by atoms with Gasteiger partial charge in [-0.3, -0.25) is 4.90 Å². The second-order valence-corrected chi connectivity index (χ2v) is 6.66. The van der Waals surface area contributed by atoms with Gasteiger partial charge in [-0.15, -0.1) is 0 Å². The summed E-state index contributed by atoms with van der Waals surface area (Å²) >= 11 is 3.68. The lowest BCUT2D eigenvalue weighted by molar-refractivity contribution is 0.145. The average molecular weight is 349 g/mol. The molecule has 0 bridgehead atoms. The molecule has 3 nitrogen and oxygen atoms in total. The Balaban J connectivity index is 1.92. The molecule has 2 aromatic rings. The first-order chi connectivity index (χ1) is 10.2. The van der Waals surface area contributed by atoms with Gasteiger partial charge in [0.05, 0.1) is 18.8 Å². The molecule has 0 radical (unpaired) electrons. The second kappa shape index (κ2) is 6.34. The van der Waals surface area contributed by atoms with Crippen LogP contribution in [-0.2, 0) is 6.54 Å². The van der Waals surface area contributed by atoms with Crippen molar-refractivity contribution in [2.75, 3.05) is 0 Å². The highest BCUT2D eigenvalue weighted by Crippen LogP contribution is 2.39. The van der Waals surface area contributed by atoms with Crippen molar-refractivity contribution in [3.8, 4) is 0 Å². The predicted molar refractivity (Wildman–Crippen MR) is 87.8 cm³/mol. The zero-order valence-electron chi connectivity index (χ0n) is 12.2. The molecule has 112 valence electrons. The molecule has 1 aromatic carbocycles. The van der Waals surface area contributed by atoms with Crippen LogP contribution in [0.2, 0.25) is 0 Å². The van der Waals surface area contributed by atoms with Crippen LogP contribution in [0.25, 0.3) is 0 Å². The lowest BCUT2D eigenvalue weighted by Gasteiger charge is -2.35. The highest BCUT2D eigenvalue weighted by molar-refractivity contribution is 9.10. The lowest BCUT2D eigenvalue weighted by atomic mass is 9.98. The van der Waals surface area contributed by atoms with E-state index >= 15 is 0 Å². The molecule has 1 saturated carbocycles. The van der Waals surface area contributed by atoms with E-state index in [1.807, 2.05) is 18.2 Å². The van der Waals surface area contributed by atoms with Crippen molar-refractivity contribution in [2.24, 2.45) is 5.73 Å². The molecule has 2 atom stereocenters. The maximum atomic E-state index is 6.34. The number of rotatable bonds is 6. The predicted octanol–water partition coefficient (Wildman–Crippen LogP) is 4.10. The van der Waals surface area contributed by atoms with Crippen LogP contribution in [0.1, 0.15) is 37.1 Å². The minimum atomic E-state index is 0.0549. The van der Waals surface area contributed by atoms with E-state index in [-0.39, 0.29) is 12.1 Å². The summed E-state index contributed by atoms with van der Waals surface area (Å²) < 4.78 is 6.67. The number of halogens is 1. The van der Waals surface area contributed by atoms with E-state index in [2.05, 4.69) is 46.0 Å². The van der Waals surface area contributed by atoms with E-state index in [1.165, 1.54) is 18.4 Å². The van der Waals surface area contributed by atoms with E-state index < -0.39 is 0 Å². The van der Waals surface area contributed by atoms with Crippen molar-refractivity contribution in [2.45, 2.75) is 44.4 Å². The van der Waals surface area contributed by atoms with E-state index in [4.69, 9.17) is 10.2 Å². The van der Waals surface area contributed by atoms with Crippen molar-refractivity contribution in [3.05, 3.63) is 58.5 Å². The summed E-state index contributed by atoms with van der Waals surface area (Å²) in [5, 5.41) is 0. The van der Waals surface area contributed by atoms with Crippen molar-refractivity contribution < 1.29 is 4.42 Å². The molecule has 4 heteroatoms. The maximum Gasteiger partial charge on any atom is 0.117 e. The van der Waals surface area contributed by atoms with Gasteiger partial charge in [0.25, 0.3) is 0 Å². The van der Waals surface area contributed by atoms with E-state index in [0.29, 0.717) is 6.04 Å². The molecular formula is C17H21BrN2O. The third-order valence-corrected chi connectivity index (χ3v) is 4.74. The molecule has 1 heterocycles. The molecule has 1 aliphatic rings. The topological polar surface area (TPSA) is 42.4 Å². The summed E-state index contributed by atoms with van der Waals surface area (Å²) in [4.78, 5) is 2.49. The van der Waals surface area contributed by atoms with Gasteiger partial charge < -0.3 is 10.2 Å². The van der Waals surface area contributed by atoms with Crippen LogP contribution in [0.5, 0.6) is 0 Å². The van der Waals surface area contributed by atoms with Gasteiger partial charge in [-0.25, -0.2) is 0 Å². The van der Waals surface area contributed by atoms with E-state index in [9.17, 15) is 0 Å². The quantitative estimate of drug-likeness (QED) is 0.854. The van der Waals surface area contributed by atoms with Crippen LogP contribution in [0.15, 0.2) is 51.6 Å². The number of hydrogen-bond donors (Lipinski definition) is 1. The molecule has 2 N–H and O–H groups in total. The Bertz CT molecular complexity index is 578. The zero-order valence-corrected chi connectivity index (χ0v) is 13.8. The molecule has 21 heavy (non-hydrogen) atoms. The van der Waals surface area contributed by atoms with Gasteiger partial charge in [0.15, 0.2) is 0 Å². The third-order valence-electron chi connectivity index (χ3n) is 4.01. The van der Waals surface area contributed by atoms with Crippen LogP contribution in [-0.4, -0.2) is 17.0 Å². The Morgan fingerprint density at radius 1 is 1.29 bits per heavy atom. The molecular weight excluding hydrogens is 328 g/mol. The summed E-state index contributed by atoms with van der Waals surface area (Å²) in [5.41, 5.74) is 7.60. The molecule has 1 fully saturated rings. The number of hydrogen-bond acceptors (Lipinski definition) is 3. The fraction of sp³-hybridized carbons (Fsp3) is 0.412. The van der Waals surface area contributed by atoms with Gasteiger partial charge >= 0.3 is 0 Å². The van der Waals surface area contributed by atoms with Crippen LogP contribution >= 0.6 is 15.9 Å². The smallest absolute Gasteiger partial charge is 0.117 e. The molecule has 0 aliphatic heterocycles. The Hall–Kier alpha value is -1.10. The third kappa shape index (κ3) is 3.39. The number of benzene rings is 1. The molecule has 0 spiro atoms. The zero-order chi connectivity index (χ0) is 14.8. The molecule has 3 rings (SSSR count). The Morgan fingerprint density at radius 3 is 2.62 bits per heavy atom. The Morgan fingerprint density at radius 2 is 2.05 bits per heavy atom. The fourth-order valence-electron chi connectivity index (χ4n) is 2.92. The van der Waals surface area contributed by atoms with Crippen molar-refractivity contribution in [1.82, 2.24) is 4.90 Å². The fourth-order valence-corrected chi connectivity index (χ4v) is 3.44. The van der Waals surface area contributed by atoms with Crippen LogP contribution < -0.4 is 5.73 Å². The van der Waals surface area contributed by atoms with E-state index in [1.54, 1.807) is 6.26 Å². The van der Waals surface area contributed by atoms with Gasteiger partial charge in [0.2, 0.25) is 0 Å². The summed E-state index contributed by atoms with van der Waals surface area (Å²) in [7, 11) is 0. The van der Waals surface area contributed by atoms with Gasteiger partial charge in [0.1, 0.15) is 5.76 Å². The van der Waals surface area contributed by atoms with Gasteiger partial charge in [-0.05, 0) is 43.5 Å². The summed E-state index contributed by atoms with van der Waals surface area (Å²) in [6, 6.07) is 13.2. The summed E-state index contributed by atoms with van der Waals surface area (Å²) in [6.45, 7) is 2.90. The van der Waals surface area contributed by atoms with Crippen molar-refractivity contribution in [3.63, 3.8) is 0 Å². The lowest BCUT2D eigenvalue weighted by Crippen LogP contribution is -2.40. The standard InChI is InChI=1S/C17H21BrN2O/c1-12(19)17(15-6-2-3-7-16(15)18)20(13-8-9-13)11-14-5-4-10-21-14/h2-7,10,12-13,17H,8-9,11,19H2,1H3. The molecule has 2 unspecified atom stereocenters. The highest BCUT2D eigenvalue weighted by atomic mass is 79.9. The van der Waals surface area contributed by atoms with Crippen LogP contribution in [0.4, 0.5) is 0 Å². The van der Waals surface area contributed by atoms with Crippen LogP contribution in [0.3, 0.4) is 0 Å². The largest absolute Gasteiger partial charge is 0.468 e. The first-order valence-electron chi connectivity index (χ1n) is 7.45. The van der Waals surface area contributed by atoms with Gasteiger partial charge in [0, 0.05) is 16.6 Å². The van der Waals surface area contributed by atoms with Gasteiger partial charge in [-0.1, -0.05) is 34.1 Å². The van der Waals surface area contributed by atoms with Crippen molar-refractivity contribution >= 4 is 15.9 Å².